The van der Waals surface area contributed by atoms with Gasteiger partial charge in [0.05, 0.1) is 44.8 Å². The summed E-state index contributed by atoms with van der Waals surface area (Å²) in [7, 11) is 0. The van der Waals surface area contributed by atoms with Gasteiger partial charge in [-0.15, -0.1) is 0 Å². The molecule has 9 nitrogen and oxygen atoms in total. The average Bonchev–Trinajstić information content (AvgIpc) is 2.53. The third-order valence-corrected chi connectivity index (χ3v) is 2.60. The van der Waals surface area contributed by atoms with E-state index in [0.29, 0.717) is 0 Å². The Morgan fingerprint density at radius 2 is 1.77 bits per heavy atom. The number of aliphatic hydroxyl groups excluding tert-OH is 2. The van der Waals surface area contributed by atoms with Crippen LogP contribution in [0.3, 0.4) is 0 Å². The largest absolute Gasteiger partial charge is 0.395 e. The number of rotatable bonds is 12. The number of nitrogens with zero attached hydrogens (tertiary/aromatic N) is 3. The highest BCUT2D eigenvalue weighted by Crippen LogP contribution is 2.18. The van der Waals surface area contributed by atoms with Gasteiger partial charge in [-0.3, -0.25) is 10.2 Å². The molecule has 0 fully saturated rings. The average molecular weight is 314 g/mol. The van der Waals surface area contributed by atoms with E-state index >= 15 is 0 Å². The van der Waals surface area contributed by atoms with Gasteiger partial charge < -0.3 is 19.7 Å². The Bertz CT molecular complexity index is 384. The maximum absolute atomic E-state index is 11.6. The Morgan fingerprint density at radius 1 is 1.23 bits per heavy atom. The molecule has 0 aliphatic heterocycles. The Morgan fingerprint density at radius 3 is 2.14 bits per heavy atom. The predicted molar refractivity (Wildman–Crippen MR) is 74.4 cm³/mol. The van der Waals surface area contributed by atoms with Gasteiger partial charge in [0, 0.05) is 13.0 Å². The lowest BCUT2D eigenvalue weighted by Crippen LogP contribution is -2.63. The van der Waals surface area contributed by atoms with E-state index in [1.165, 1.54) is 0 Å². The maximum Gasteiger partial charge on any atom is 0.271 e. The summed E-state index contributed by atoms with van der Waals surface area (Å²) in [5, 5.41) is 37.1. The fourth-order valence-corrected chi connectivity index (χ4v) is 1.53. The summed E-state index contributed by atoms with van der Waals surface area (Å²) in [6.07, 6.45) is 0.288. The monoisotopic (exact) mass is 314 g/mol. The van der Waals surface area contributed by atoms with E-state index in [0.717, 1.165) is 5.01 Å². The molecule has 0 atom stereocenters. The molecule has 0 radical (unpaired) electrons. The summed E-state index contributed by atoms with van der Waals surface area (Å²) in [5.74, 6) is -2.12. The molecule has 22 heavy (non-hydrogen) atoms. The zero-order chi connectivity index (χ0) is 16.8. The summed E-state index contributed by atoms with van der Waals surface area (Å²) in [4.78, 5) is 11.6. The first kappa shape index (κ1) is 20.2. The first-order chi connectivity index (χ1) is 10.6. The van der Waals surface area contributed by atoms with Crippen LogP contribution in [0.15, 0.2) is 0 Å². The molecule has 0 unspecified atom stereocenters. The predicted octanol–water partition coefficient (Wildman–Crippen LogP) is -0.771. The lowest BCUT2D eigenvalue weighted by molar-refractivity contribution is -0.341. The van der Waals surface area contributed by atoms with Gasteiger partial charge in [0.1, 0.15) is 6.61 Å². The highest BCUT2D eigenvalue weighted by atomic mass is 16.7. The van der Waals surface area contributed by atoms with Crippen LogP contribution in [0.2, 0.25) is 0 Å². The number of nitriles is 2. The van der Waals surface area contributed by atoms with Gasteiger partial charge in [0.25, 0.3) is 5.91 Å². The summed E-state index contributed by atoms with van der Waals surface area (Å²) < 4.78 is 10.8. The van der Waals surface area contributed by atoms with Crippen molar-refractivity contribution in [3.63, 3.8) is 0 Å². The van der Waals surface area contributed by atoms with Crippen LogP contribution >= 0.6 is 0 Å². The van der Waals surface area contributed by atoms with Crippen LogP contribution in [-0.2, 0) is 14.3 Å². The summed E-state index contributed by atoms with van der Waals surface area (Å²) in [5.41, 5.74) is 2.47. The molecule has 124 valence electrons. The first-order valence-corrected chi connectivity index (χ1v) is 6.90. The standard InChI is InChI=1S/C13H22N4O5/c1-2-12(20)16-17(7-8-18)13(11-19,21-9-3-5-14)22-10-4-6-15/h18-19H,2-4,7-11H2,1H3,(H,16,20). The van der Waals surface area contributed by atoms with Gasteiger partial charge in [0.15, 0.2) is 0 Å². The molecule has 0 aliphatic rings. The number of hydrazine groups is 1. The summed E-state index contributed by atoms with van der Waals surface area (Å²) >= 11 is 0. The first-order valence-electron chi connectivity index (χ1n) is 6.90. The number of hydrogen-bond acceptors (Lipinski definition) is 8. The number of carbonyl (C=O) groups excluding carboxylic acids is 1. The highest BCUT2D eigenvalue weighted by Gasteiger charge is 2.40. The van der Waals surface area contributed by atoms with E-state index < -0.39 is 12.5 Å². The molecule has 1 amide bonds. The molecule has 0 bridgehead atoms. The summed E-state index contributed by atoms with van der Waals surface area (Å²) in [6, 6.07) is 3.77. The van der Waals surface area contributed by atoms with E-state index in [4.69, 9.17) is 25.1 Å². The molecular formula is C13H22N4O5. The van der Waals surface area contributed by atoms with Gasteiger partial charge in [-0.05, 0) is 0 Å². The molecule has 0 aromatic rings. The van der Waals surface area contributed by atoms with E-state index in [-0.39, 0.29) is 51.5 Å². The van der Waals surface area contributed by atoms with Crippen molar-refractivity contribution in [3.8, 4) is 12.1 Å². The summed E-state index contributed by atoms with van der Waals surface area (Å²) in [6.45, 7) is 0.495. The number of nitrogens with one attached hydrogen (secondary N) is 1. The second kappa shape index (κ2) is 11.9. The highest BCUT2D eigenvalue weighted by molar-refractivity contribution is 5.74. The van der Waals surface area contributed by atoms with Gasteiger partial charge in [-0.1, -0.05) is 6.92 Å². The third-order valence-electron chi connectivity index (χ3n) is 2.60. The maximum atomic E-state index is 11.6. The quantitative estimate of drug-likeness (QED) is 0.242. The zero-order valence-corrected chi connectivity index (χ0v) is 12.6. The lowest BCUT2D eigenvalue weighted by Gasteiger charge is -2.40. The Balaban J connectivity index is 5.17. The molecule has 0 heterocycles. The molecule has 0 aromatic heterocycles. The third kappa shape index (κ3) is 6.80. The molecule has 0 aromatic carbocycles. The van der Waals surface area contributed by atoms with Crippen molar-refractivity contribution in [2.24, 2.45) is 0 Å². The lowest BCUT2D eigenvalue weighted by atomic mass is 10.4. The van der Waals surface area contributed by atoms with E-state index in [2.05, 4.69) is 5.43 Å². The fraction of sp³-hybridized carbons (Fsp3) is 0.769. The fourth-order valence-electron chi connectivity index (χ4n) is 1.53. The minimum atomic E-state index is -1.76. The van der Waals surface area contributed by atoms with Crippen LogP contribution in [0.25, 0.3) is 0 Å². The van der Waals surface area contributed by atoms with E-state index in [1.807, 2.05) is 12.1 Å². The smallest absolute Gasteiger partial charge is 0.271 e. The Labute approximate surface area is 129 Å². The number of carbonyl (C=O) groups is 1. The van der Waals surface area contributed by atoms with E-state index in [9.17, 15) is 9.90 Å². The van der Waals surface area contributed by atoms with Gasteiger partial charge in [0.2, 0.25) is 5.91 Å². The van der Waals surface area contributed by atoms with Crippen molar-refractivity contribution in [2.75, 3.05) is 33.0 Å². The Hall–Kier alpha value is -1.75. The number of aliphatic hydroxyl groups is 2. The van der Waals surface area contributed by atoms with Crippen LogP contribution in [0.1, 0.15) is 26.2 Å². The molecule has 0 saturated heterocycles. The molecular weight excluding hydrogens is 292 g/mol. The molecule has 3 N–H and O–H groups in total. The normalized spacial score (nSPS) is 11.0. The zero-order valence-electron chi connectivity index (χ0n) is 12.6. The van der Waals surface area contributed by atoms with Crippen molar-refractivity contribution in [1.82, 2.24) is 10.4 Å². The van der Waals surface area contributed by atoms with Crippen molar-refractivity contribution in [1.29, 1.82) is 10.5 Å². The van der Waals surface area contributed by atoms with Crippen LogP contribution in [-0.4, -0.2) is 60.0 Å². The number of hydrogen-bond donors (Lipinski definition) is 3. The van der Waals surface area contributed by atoms with Gasteiger partial charge >= 0.3 is 0 Å². The number of ether oxygens (including phenoxy) is 2. The van der Waals surface area contributed by atoms with Crippen LogP contribution in [0.5, 0.6) is 0 Å². The van der Waals surface area contributed by atoms with Crippen molar-refractivity contribution >= 4 is 5.91 Å². The van der Waals surface area contributed by atoms with Crippen LogP contribution in [0.4, 0.5) is 0 Å². The van der Waals surface area contributed by atoms with E-state index in [1.54, 1.807) is 6.92 Å². The van der Waals surface area contributed by atoms with Crippen LogP contribution in [0, 0.1) is 22.7 Å². The van der Waals surface area contributed by atoms with Crippen molar-refractivity contribution < 1.29 is 24.5 Å². The van der Waals surface area contributed by atoms with Gasteiger partial charge in [-0.25, -0.2) is 0 Å². The minimum Gasteiger partial charge on any atom is -0.395 e. The molecule has 9 heteroatoms. The molecule has 0 aliphatic carbocycles. The minimum absolute atomic E-state index is 0.0481. The van der Waals surface area contributed by atoms with Crippen LogP contribution < -0.4 is 5.43 Å². The van der Waals surface area contributed by atoms with Gasteiger partial charge in [-0.2, -0.15) is 15.5 Å². The molecule has 0 spiro atoms. The molecule has 0 rings (SSSR count). The second-order valence-corrected chi connectivity index (χ2v) is 4.15. The molecule has 0 saturated carbocycles. The second-order valence-electron chi connectivity index (χ2n) is 4.15. The topological polar surface area (TPSA) is 139 Å². The number of amides is 1. The Kier molecular flexibility index (Phi) is 10.9. The SMILES string of the molecule is CCC(=O)NN(CCO)C(CO)(OCCC#N)OCCC#N. The van der Waals surface area contributed by atoms with Crippen molar-refractivity contribution in [3.05, 3.63) is 0 Å². The van der Waals surface area contributed by atoms with Crippen molar-refractivity contribution in [2.45, 2.75) is 32.1 Å².